The van der Waals surface area contributed by atoms with E-state index in [1.807, 2.05) is 4.90 Å². The van der Waals surface area contributed by atoms with Crippen LogP contribution in [0, 0.1) is 16.0 Å². The van der Waals surface area contributed by atoms with Crippen molar-refractivity contribution in [3.8, 4) is 0 Å². The van der Waals surface area contributed by atoms with E-state index < -0.39 is 4.92 Å². The van der Waals surface area contributed by atoms with Crippen LogP contribution in [-0.4, -0.2) is 35.8 Å². The van der Waals surface area contributed by atoms with E-state index in [1.165, 1.54) is 16.7 Å². The average molecular weight is 265 g/mol. The summed E-state index contributed by atoms with van der Waals surface area (Å²) in [5, 5.41) is 11.1. The number of pyridine rings is 1. The van der Waals surface area contributed by atoms with E-state index in [-0.39, 0.29) is 11.2 Å². The fourth-order valence-electron chi connectivity index (χ4n) is 2.79. The third-order valence-electron chi connectivity index (χ3n) is 3.73. The number of hydrogen-bond donors (Lipinski definition) is 0. The molecule has 0 spiro atoms. The average Bonchev–Trinajstić information content (AvgIpc) is 3.01. The van der Waals surface area contributed by atoms with Gasteiger partial charge in [0.05, 0.1) is 11.5 Å². The largest absolute Gasteiger partial charge is 0.381 e. The Morgan fingerprint density at radius 1 is 1.42 bits per heavy atom. The summed E-state index contributed by atoms with van der Waals surface area (Å²) in [5.74, 6) is 0.839. The maximum atomic E-state index is 11.8. The van der Waals surface area contributed by atoms with Gasteiger partial charge < -0.3 is 9.64 Å². The highest BCUT2D eigenvalue weighted by Crippen LogP contribution is 2.31. The van der Waals surface area contributed by atoms with Gasteiger partial charge in [-0.1, -0.05) is 0 Å². The minimum absolute atomic E-state index is 0.0102. The van der Waals surface area contributed by atoms with E-state index >= 15 is 0 Å². The molecule has 0 aromatic carbocycles. The second kappa shape index (κ2) is 4.65. The lowest BCUT2D eigenvalue weighted by atomic mass is 10.1. The third-order valence-corrected chi connectivity index (χ3v) is 3.73. The van der Waals surface area contributed by atoms with Crippen LogP contribution >= 0.6 is 0 Å². The molecule has 2 aliphatic rings. The van der Waals surface area contributed by atoms with Gasteiger partial charge in [0.15, 0.2) is 5.82 Å². The van der Waals surface area contributed by atoms with Crippen molar-refractivity contribution in [2.45, 2.75) is 13.0 Å². The highest BCUT2D eigenvalue weighted by Gasteiger charge is 2.31. The van der Waals surface area contributed by atoms with Crippen molar-refractivity contribution in [2.24, 2.45) is 5.92 Å². The smallest absolute Gasteiger partial charge is 0.310 e. The Labute approximate surface area is 109 Å². The molecule has 3 rings (SSSR count). The molecule has 2 aliphatic heterocycles. The molecule has 19 heavy (non-hydrogen) atoms. The maximum absolute atomic E-state index is 11.8. The van der Waals surface area contributed by atoms with Gasteiger partial charge in [-0.2, -0.15) is 0 Å². The molecule has 3 heterocycles. The van der Waals surface area contributed by atoms with Gasteiger partial charge in [0.25, 0.3) is 5.56 Å². The maximum Gasteiger partial charge on any atom is 0.310 e. The Morgan fingerprint density at radius 2 is 2.26 bits per heavy atom. The summed E-state index contributed by atoms with van der Waals surface area (Å²) >= 11 is 0. The molecular weight excluding hydrogens is 250 g/mol. The number of aromatic nitrogens is 1. The number of nitrogens with zero attached hydrogens (tertiary/aromatic N) is 3. The molecule has 1 saturated heterocycles. The predicted molar refractivity (Wildman–Crippen MR) is 68.5 cm³/mol. The molecule has 1 fully saturated rings. The van der Waals surface area contributed by atoms with Gasteiger partial charge in [0, 0.05) is 44.3 Å². The molecule has 0 N–H and O–H groups in total. The predicted octanol–water partition coefficient (Wildman–Crippen LogP) is 0.613. The quantitative estimate of drug-likeness (QED) is 0.591. The van der Waals surface area contributed by atoms with Crippen molar-refractivity contribution in [2.75, 3.05) is 31.2 Å². The van der Waals surface area contributed by atoms with Gasteiger partial charge in [0.2, 0.25) is 0 Å². The number of anilines is 1. The molecule has 102 valence electrons. The molecule has 1 atom stereocenters. The van der Waals surface area contributed by atoms with Crippen LogP contribution in [0.3, 0.4) is 0 Å². The SMILES string of the molecule is O=c1ccc([N+](=O)[O-])c2n1CCN2CC1CCOC1. The minimum atomic E-state index is -0.422. The number of fused-ring (bicyclic) bond motifs is 1. The fraction of sp³-hybridized carbons (Fsp3) is 0.583. The first-order chi connectivity index (χ1) is 9.16. The van der Waals surface area contributed by atoms with E-state index in [4.69, 9.17) is 4.74 Å². The molecule has 1 unspecified atom stereocenters. The van der Waals surface area contributed by atoms with Gasteiger partial charge in [0.1, 0.15) is 0 Å². The molecular formula is C12H15N3O4. The minimum Gasteiger partial charge on any atom is -0.381 e. The number of rotatable bonds is 3. The van der Waals surface area contributed by atoms with Crippen molar-refractivity contribution in [1.29, 1.82) is 0 Å². The normalized spacial score (nSPS) is 21.7. The first-order valence-corrected chi connectivity index (χ1v) is 6.38. The number of hydrogen-bond acceptors (Lipinski definition) is 5. The topological polar surface area (TPSA) is 77.6 Å². The molecule has 1 aromatic rings. The second-order valence-corrected chi connectivity index (χ2v) is 4.96. The zero-order valence-electron chi connectivity index (χ0n) is 10.4. The standard InChI is InChI=1S/C12H15N3O4/c16-11-2-1-10(15(17)18)12-13(4-5-14(11)12)7-9-3-6-19-8-9/h1-2,9H,3-8H2. The van der Waals surface area contributed by atoms with E-state index in [0.29, 0.717) is 38.0 Å². The summed E-state index contributed by atoms with van der Waals surface area (Å²) in [6, 6.07) is 2.57. The van der Waals surface area contributed by atoms with Crippen LogP contribution in [0.5, 0.6) is 0 Å². The Hall–Kier alpha value is -1.89. The van der Waals surface area contributed by atoms with Crippen molar-refractivity contribution < 1.29 is 9.66 Å². The number of nitro groups is 1. The summed E-state index contributed by atoms with van der Waals surface area (Å²) in [5.41, 5.74) is -0.165. The van der Waals surface area contributed by atoms with E-state index in [0.717, 1.165) is 13.0 Å². The second-order valence-electron chi connectivity index (χ2n) is 4.96. The first kappa shape index (κ1) is 12.2. The van der Waals surface area contributed by atoms with Crippen LogP contribution in [-0.2, 0) is 11.3 Å². The molecule has 7 heteroatoms. The molecule has 0 saturated carbocycles. The molecule has 0 radical (unpaired) electrons. The van der Waals surface area contributed by atoms with Crippen LogP contribution < -0.4 is 10.5 Å². The van der Waals surface area contributed by atoms with Crippen molar-refractivity contribution >= 4 is 11.5 Å². The first-order valence-electron chi connectivity index (χ1n) is 6.38. The van der Waals surface area contributed by atoms with E-state index in [1.54, 1.807) is 0 Å². The van der Waals surface area contributed by atoms with Gasteiger partial charge in [-0.05, 0) is 6.42 Å². The Morgan fingerprint density at radius 3 is 2.95 bits per heavy atom. The van der Waals surface area contributed by atoms with Crippen LogP contribution in [0.15, 0.2) is 16.9 Å². The van der Waals surface area contributed by atoms with E-state index in [9.17, 15) is 14.9 Å². The zero-order chi connectivity index (χ0) is 13.4. The van der Waals surface area contributed by atoms with Crippen LogP contribution in [0.2, 0.25) is 0 Å². The Balaban J connectivity index is 1.95. The van der Waals surface area contributed by atoms with Crippen molar-refractivity contribution in [3.63, 3.8) is 0 Å². The molecule has 0 aliphatic carbocycles. The Bertz CT molecular complexity index is 563. The van der Waals surface area contributed by atoms with Gasteiger partial charge in [-0.25, -0.2) is 0 Å². The Kier molecular flexibility index (Phi) is 2.98. The van der Waals surface area contributed by atoms with Crippen LogP contribution in [0.25, 0.3) is 0 Å². The molecule has 7 nitrogen and oxygen atoms in total. The number of ether oxygens (including phenoxy) is 1. The summed E-state index contributed by atoms with van der Waals surface area (Å²) in [4.78, 5) is 24.4. The summed E-state index contributed by atoms with van der Waals surface area (Å²) < 4.78 is 6.82. The molecule has 1 aromatic heterocycles. The summed E-state index contributed by atoms with van der Waals surface area (Å²) in [7, 11) is 0. The van der Waals surface area contributed by atoms with Crippen molar-refractivity contribution in [3.05, 3.63) is 32.6 Å². The van der Waals surface area contributed by atoms with Gasteiger partial charge in [-0.15, -0.1) is 0 Å². The molecule has 0 amide bonds. The van der Waals surface area contributed by atoms with Crippen LogP contribution in [0.4, 0.5) is 11.5 Å². The lowest BCUT2D eigenvalue weighted by Gasteiger charge is -2.21. The summed E-state index contributed by atoms with van der Waals surface area (Å²) in [6.45, 7) is 3.33. The summed E-state index contributed by atoms with van der Waals surface area (Å²) in [6.07, 6.45) is 0.974. The lowest BCUT2D eigenvalue weighted by molar-refractivity contribution is -0.384. The van der Waals surface area contributed by atoms with E-state index in [2.05, 4.69) is 0 Å². The van der Waals surface area contributed by atoms with Gasteiger partial charge >= 0.3 is 5.69 Å². The van der Waals surface area contributed by atoms with Gasteiger partial charge in [-0.3, -0.25) is 19.5 Å². The highest BCUT2D eigenvalue weighted by molar-refractivity contribution is 5.60. The monoisotopic (exact) mass is 265 g/mol. The third kappa shape index (κ3) is 2.10. The fourth-order valence-corrected chi connectivity index (χ4v) is 2.79. The zero-order valence-corrected chi connectivity index (χ0v) is 10.4. The van der Waals surface area contributed by atoms with Crippen LogP contribution in [0.1, 0.15) is 6.42 Å². The highest BCUT2D eigenvalue weighted by atomic mass is 16.6. The lowest BCUT2D eigenvalue weighted by Crippen LogP contribution is -2.29. The van der Waals surface area contributed by atoms with Crippen molar-refractivity contribution in [1.82, 2.24) is 4.57 Å². The molecule has 0 bridgehead atoms.